The molecule has 1 saturated heterocycles. The monoisotopic (exact) mass is 566 g/mol. The van der Waals surface area contributed by atoms with Gasteiger partial charge < -0.3 is 19.3 Å². The number of rotatable bonds is 9. The Balaban J connectivity index is 1.19. The van der Waals surface area contributed by atoms with Crippen LogP contribution in [0.1, 0.15) is 71.8 Å². The highest BCUT2D eigenvalue weighted by molar-refractivity contribution is 5.75. The molecule has 3 aromatic rings. The maximum atomic E-state index is 14.2. The summed E-state index contributed by atoms with van der Waals surface area (Å²) in [7, 11) is 0. The minimum absolute atomic E-state index is 0.0403. The van der Waals surface area contributed by atoms with Gasteiger partial charge in [-0.05, 0) is 96.5 Å². The molecule has 8 heteroatoms. The van der Waals surface area contributed by atoms with E-state index in [9.17, 15) is 18.0 Å². The first-order chi connectivity index (χ1) is 19.8. The third-order valence-corrected chi connectivity index (χ3v) is 8.60. The molecule has 0 radical (unpaired) electrons. The van der Waals surface area contributed by atoms with E-state index in [1.54, 1.807) is 30.3 Å². The quantitative estimate of drug-likeness (QED) is 0.290. The second-order valence-corrected chi connectivity index (χ2v) is 11.3. The van der Waals surface area contributed by atoms with Gasteiger partial charge in [0, 0.05) is 18.1 Å². The predicted octanol–water partition coefficient (Wildman–Crippen LogP) is 7.54. The van der Waals surface area contributed by atoms with E-state index in [0.29, 0.717) is 30.9 Å². The van der Waals surface area contributed by atoms with Gasteiger partial charge in [0.25, 0.3) is 0 Å². The fourth-order valence-corrected chi connectivity index (χ4v) is 6.54. The van der Waals surface area contributed by atoms with Gasteiger partial charge in [-0.3, -0.25) is 4.79 Å². The third kappa shape index (κ3) is 5.94. The molecule has 0 aromatic heterocycles. The van der Waals surface area contributed by atoms with Gasteiger partial charge in [0.05, 0.1) is 24.7 Å². The summed E-state index contributed by atoms with van der Waals surface area (Å²) in [6, 6.07) is 15.8. The fraction of sp³-hybridized carbons (Fsp3) is 0.424. The van der Waals surface area contributed by atoms with Gasteiger partial charge in [-0.1, -0.05) is 30.3 Å². The maximum Gasteiger partial charge on any atom is 0.417 e. The van der Waals surface area contributed by atoms with Crippen molar-refractivity contribution in [3.63, 3.8) is 0 Å². The number of hydrogen-bond donors (Lipinski definition) is 1. The van der Waals surface area contributed by atoms with Crippen LogP contribution >= 0.6 is 0 Å². The van der Waals surface area contributed by atoms with Crippen LogP contribution in [0, 0.1) is 0 Å². The van der Waals surface area contributed by atoms with E-state index in [0.717, 1.165) is 66.7 Å². The van der Waals surface area contributed by atoms with Crippen LogP contribution in [0.5, 0.6) is 11.5 Å². The molecule has 1 N–H and O–H groups in total. The molecular weight excluding hydrogens is 533 g/mol. The average molecular weight is 567 g/mol. The smallest absolute Gasteiger partial charge is 0.417 e. The molecule has 216 valence electrons. The maximum absolute atomic E-state index is 14.2. The number of benzene rings is 3. The molecule has 5 nitrogen and oxygen atoms in total. The molecule has 41 heavy (non-hydrogen) atoms. The molecule has 3 aromatic carbocycles. The van der Waals surface area contributed by atoms with Crippen LogP contribution in [0.2, 0.25) is 0 Å². The zero-order valence-electron chi connectivity index (χ0n) is 22.7. The Morgan fingerprint density at radius 1 is 1.00 bits per heavy atom. The van der Waals surface area contributed by atoms with E-state index in [4.69, 9.17) is 19.3 Å². The van der Waals surface area contributed by atoms with Gasteiger partial charge >= 0.3 is 12.1 Å². The highest BCUT2D eigenvalue weighted by Crippen LogP contribution is 2.47. The summed E-state index contributed by atoms with van der Waals surface area (Å²) in [6.45, 7) is 1.55. The lowest BCUT2D eigenvalue weighted by Gasteiger charge is -2.19. The predicted molar refractivity (Wildman–Crippen MR) is 148 cm³/mol. The minimum Gasteiger partial charge on any atom is -0.493 e. The van der Waals surface area contributed by atoms with Crippen molar-refractivity contribution in [3.8, 4) is 22.6 Å². The molecule has 1 aliphatic carbocycles. The summed E-state index contributed by atoms with van der Waals surface area (Å²) in [4.78, 5) is 11.1. The molecule has 0 spiro atoms. The highest BCUT2D eigenvalue weighted by atomic mass is 19.4. The topological polar surface area (TPSA) is 65.0 Å². The van der Waals surface area contributed by atoms with Crippen molar-refractivity contribution in [2.45, 2.75) is 69.1 Å². The Morgan fingerprint density at radius 2 is 1.80 bits per heavy atom. The molecule has 2 aliphatic heterocycles. The summed E-state index contributed by atoms with van der Waals surface area (Å²) >= 11 is 0. The van der Waals surface area contributed by atoms with Crippen LogP contribution in [0.3, 0.4) is 0 Å². The normalized spacial score (nSPS) is 21.4. The number of carboxylic acids is 1. The van der Waals surface area contributed by atoms with Crippen LogP contribution in [0.4, 0.5) is 13.2 Å². The standard InChI is InChI=1S/C33H33F3O5/c34-33(35,36)29-14-13-26-21(5-3-20-4-11-27-23(17-31(37)38)18-41-30(27)16-20)8-12-28(26)32(29)22-6-9-24(10-7-22)40-19-25-2-1-15-39-25/h4,6-7,9-11,13-14,16,21,23,25H,1-3,5,8,12,15,17-19H2,(H,37,38)/t21?,23-,25+/m1/s1. The van der Waals surface area contributed by atoms with Crippen LogP contribution in [0.15, 0.2) is 54.6 Å². The van der Waals surface area contributed by atoms with E-state index in [-0.39, 0.29) is 29.9 Å². The van der Waals surface area contributed by atoms with Crippen LogP contribution in [-0.4, -0.2) is 37.0 Å². The fourth-order valence-electron chi connectivity index (χ4n) is 6.54. The lowest BCUT2D eigenvalue weighted by molar-refractivity contribution is -0.138. The molecule has 1 unspecified atom stereocenters. The zero-order chi connectivity index (χ0) is 28.6. The first kappa shape index (κ1) is 27.6. The number of ether oxygens (including phenoxy) is 3. The number of carbonyl (C=O) groups is 1. The summed E-state index contributed by atoms with van der Waals surface area (Å²) in [6.07, 6.45) is 0.595. The van der Waals surface area contributed by atoms with Gasteiger partial charge in [0.15, 0.2) is 0 Å². The van der Waals surface area contributed by atoms with Crippen molar-refractivity contribution in [2.24, 2.45) is 0 Å². The minimum atomic E-state index is -4.46. The van der Waals surface area contributed by atoms with Crippen molar-refractivity contribution in [2.75, 3.05) is 19.8 Å². The number of aryl methyl sites for hydroxylation is 1. The summed E-state index contributed by atoms with van der Waals surface area (Å²) in [5, 5.41) is 9.14. The van der Waals surface area contributed by atoms with Gasteiger partial charge in [-0.2, -0.15) is 13.2 Å². The number of carboxylic acid groups (broad SMARTS) is 1. The molecule has 0 bridgehead atoms. The number of fused-ring (bicyclic) bond motifs is 2. The summed E-state index contributed by atoms with van der Waals surface area (Å²) in [5.41, 5.74) is 4.01. The molecule has 3 aliphatic rings. The largest absolute Gasteiger partial charge is 0.493 e. The Labute approximate surface area is 237 Å². The van der Waals surface area contributed by atoms with E-state index >= 15 is 0 Å². The van der Waals surface area contributed by atoms with E-state index in [1.165, 1.54) is 6.07 Å². The molecule has 0 amide bonds. The van der Waals surface area contributed by atoms with Gasteiger partial charge in [-0.15, -0.1) is 0 Å². The third-order valence-electron chi connectivity index (χ3n) is 8.60. The van der Waals surface area contributed by atoms with Gasteiger partial charge in [0.1, 0.15) is 18.1 Å². The molecule has 3 atom stereocenters. The summed E-state index contributed by atoms with van der Waals surface area (Å²) in [5.74, 6) is 0.536. The molecule has 1 fully saturated rings. The van der Waals surface area contributed by atoms with Crippen LogP contribution in [0.25, 0.3) is 11.1 Å². The molecule has 6 rings (SSSR count). The average Bonchev–Trinajstić information content (AvgIpc) is 3.70. The Hall–Kier alpha value is -3.52. The van der Waals surface area contributed by atoms with Crippen LogP contribution < -0.4 is 9.47 Å². The number of aliphatic carboxylic acids is 1. The second kappa shape index (κ2) is 11.4. The Bertz CT molecular complexity index is 1410. The Morgan fingerprint density at radius 3 is 2.54 bits per heavy atom. The first-order valence-corrected chi connectivity index (χ1v) is 14.3. The lowest BCUT2D eigenvalue weighted by atomic mass is 9.88. The van der Waals surface area contributed by atoms with E-state index in [1.807, 2.05) is 18.2 Å². The highest BCUT2D eigenvalue weighted by Gasteiger charge is 2.37. The van der Waals surface area contributed by atoms with Crippen LogP contribution in [-0.2, 0) is 28.5 Å². The van der Waals surface area contributed by atoms with Gasteiger partial charge in [-0.25, -0.2) is 0 Å². The van der Waals surface area contributed by atoms with Gasteiger partial charge in [0.2, 0.25) is 0 Å². The second-order valence-electron chi connectivity index (χ2n) is 11.3. The van der Waals surface area contributed by atoms with Crippen molar-refractivity contribution < 1.29 is 37.3 Å². The van der Waals surface area contributed by atoms with E-state index < -0.39 is 17.7 Å². The number of halogens is 3. The first-order valence-electron chi connectivity index (χ1n) is 14.3. The molecule has 0 saturated carbocycles. The molecular formula is C33H33F3O5. The van der Waals surface area contributed by atoms with Crippen molar-refractivity contribution in [1.82, 2.24) is 0 Å². The Kier molecular flexibility index (Phi) is 7.68. The number of alkyl halides is 3. The van der Waals surface area contributed by atoms with Crippen molar-refractivity contribution >= 4 is 5.97 Å². The number of hydrogen-bond acceptors (Lipinski definition) is 4. The van der Waals surface area contributed by atoms with E-state index in [2.05, 4.69) is 0 Å². The SMILES string of the molecule is O=C(O)C[C@@H]1COc2cc(CCC3CCc4c3ccc(C(F)(F)F)c4-c3ccc(OC[C@@H]4CCCO4)cc3)ccc21. The lowest BCUT2D eigenvalue weighted by Crippen LogP contribution is -2.16. The zero-order valence-corrected chi connectivity index (χ0v) is 22.7. The van der Waals surface area contributed by atoms with Crippen molar-refractivity contribution in [1.29, 1.82) is 0 Å². The summed E-state index contributed by atoms with van der Waals surface area (Å²) < 4.78 is 59.7. The molecule has 2 heterocycles. The van der Waals surface area contributed by atoms with Crippen molar-refractivity contribution in [3.05, 3.63) is 82.4 Å².